The van der Waals surface area contributed by atoms with Gasteiger partial charge in [0.25, 0.3) is 0 Å². The van der Waals surface area contributed by atoms with Gasteiger partial charge in [-0.1, -0.05) is 12.1 Å². The van der Waals surface area contributed by atoms with Crippen LogP contribution in [-0.2, 0) is 20.7 Å². The number of aromatic carboxylic acids is 1. The lowest BCUT2D eigenvalue weighted by atomic mass is 10.0. The number of alkyl halides is 3. The van der Waals surface area contributed by atoms with Gasteiger partial charge in [-0.25, -0.2) is 14.4 Å². The summed E-state index contributed by atoms with van der Waals surface area (Å²) in [7, 11) is 0. The molecule has 0 spiro atoms. The first kappa shape index (κ1) is 30.3. The summed E-state index contributed by atoms with van der Waals surface area (Å²) < 4.78 is 54.5. The molecule has 1 unspecified atom stereocenters. The Morgan fingerprint density at radius 3 is 2.15 bits per heavy atom. The number of carboxylic acids is 1. The minimum Gasteiger partial charge on any atom is -0.477 e. The molecular weight excluding hydrogens is 533 g/mol. The molecule has 3 aromatic rings. The first-order valence-electron chi connectivity index (χ1n) is 12.3. The maximum Gasteiger partial charge on any atom is 0.573 e. The number of hydrogen-bond acceptors (Lipinski definition) is 6. The van der Waals surface area contributed by atoms with Crippen LogP contribution < -0.4 is 10.1 Å². The Hall–Kier alpha value is -4.22. The van der Waals surface area contributed by atoms with E-state index in [4.69, 9.17) is 9.47 Å². The minimum atomic E-state index is -4.93. The van der Waals surface area contributed by atoms with Gasteiger partial charge in [0.05, 0.1) is 5.52 Å². The fourth-order valence-corrected chi connectivity index (χ4v) is 3.89. The molecule has 40 heavy (non-hydrogen) atoms. The fourth-order valence-electron chi connectivity index (χ4n) is 3.89. The molecule has 1 amide bonds. The van der Waals surface area contributed by atoms with E-state index < -0.39 is 47.4 Å². The Labute approximate surface area is 228 Å². The number of esters is 1. The third kappa shape index (κ3) is 8.39. The number of rotatable bonds is 7. The Morgan fingerprint density at radius 1 is 0.925 bits per heavy atom. The predicted octanol–water partition coefficient (Wildman–Crippen LogP) is 6.00. The zero-order valence-corrected chi connectivity index (χ0v) is 22.9. The molecule has 0 fully saturated rings. The summed E-state index contributed by atoms with van der Waals surface area (Å²) in [6.45, 7) is 10.0. The van der Waals surface area contributed by atoms with Crippen LogP contribution >= 0.6 is 0 Å². The van der Waals surface area contributed by atoms with Gasteiger partial charge in [0.2, 0.25) is 0 Å². The van der Waals surface area contributed by atoms with E-state index in [1.165, 1.54) is 16.7 Å². The number of carboxylic acid groups (broad SMARTS) is 1. The first-order valence-corrected chi connectivity index (χ1v) is 12.3. The molecule has 0 saturated heterocycles. The number of halogens is 3. The Kier molecular flexibility index (Phi) is 8.42. The van der Waals surface area contributed by atoms with Crippen LogP contribution in [0.15, 0.2) is 48.5 Å². The summed E-state index contributed by atoms with van der Waals surface area (Å²) in [5.74, 6) is -2.53. The molecule has 1 atom stereocenters. The van der Waals surface area contributed by atoms with Crippen LogP contribution in [0.4, 0.5) is 18.0 Å². The van der Waals surface area contributed by atoms with E-state index in [1.807, 2.05) is 0 Å². The molecule has 0 bridgehead atoms. The van der Waals surface area contributed by atoms with Gasteiger partial charge in [-0.05, 0) is 77.4 Å². The molecule has 0 radical (unpaired) electrons. The summed E-state index contributed by atoms with van der Waals surface area (Å²) in [5.41, 5.74) is -0.901. The molecule has 1 aromatic heterocycles. The second kappa shape index (κ2) is 11.1. The number of nitrogens with one attached hydrogen (secondary N) is 1. The van der Waals surface area contributed by atoms with Gasteiger partial charge in [0.15, 0.2) is 0 Å². The van der Waals surface area contributed by atoms with E-state index in [9.17, 15) is 32.7 Å². The third-order valence-corrected chi connectivity index (χ3v) is 5.22. The van der Waals surface area contributed by atoms with Crippen LogP contribution in [-0.4, -0.2) is 51.3 Å². The molecule has 2 aromatic carbocycles. The molecule has 0 aliphatic rings. The minimum absolute atomic E-state index is 0.0496. The average molecular weight is 565 g/mol. The van der Waals surface area contributed by atoms with E-state index in [0.717, 1.165) is 12.1 Å². The quantitative estimate of drug-likeness (QED) is 0.338. The van der Waals surface area contributed by atoms with Gasteiger partial charge in [0, 0.05) is 23.6 Å². The number of nitrogens with zero attached hydrogens (tertiary/aromatic N) is 1. The van der Waals surface area contributed by atoms with Crippen molar-refractivity contribution in [1.29, 1.82) is 0 Å². The number of hydrogen-bond donors (Lipinski definition) is 2. The Balaban J connectivity index is 2.03. The number of amides is 1. The van der Waals surface area contributed by atoms with Gasteiger partial charge in [0.1, 0.15) is 28.7 Å². The van der Waals surface area contributed by atoms with Crippen molar-refractivity contribution in [2.75, 3.05) is 0 Å². The molecule has 12 heteroatoms. The molecule has 2 N–H and O–H groups in total. The van der Waals surface area contributed by atoms with Gasteiger partial charge < -0.3 is 29.2 Å². The fraction of sp³-hybridized carbons (Fsp3) is 0.393. The van der Waals surface area contributed by atoms with E-state index in [2.05, 4.69) is 10.1 Å². The number of carbonyl (C=O) groups excluding carboxylic acids is 2. The predicted molar refractivity (Wildman–Crippen MR) is 140 cm³/mol. The van der Waals surface area contributed by atoms with Crippen molar-refractivity contribution in [3.8, 4) is 11.4 Å². The molecule has 3 rings (SSSR count). The summed E-state index contributed by atoms with van der Waals surface area (Å²) in [6.07, 6.45) is -5.81. The van der Waals surface area contributed by atoms with Crippen molar-refractivity contribution in [2.24, 2.45) is 0 Å². The van der Waals surface area contributed by atoms with Gasteiger partial charge >= 0.3 is 24.4 Å². The number of alkyl carbamates (subject to hydrolysis) is 1. The van der Waals surface area contributed by atoms with Crippen molar-refractivity contribution >= 4 is 28.9 Å². The van der Waals surface area contributed by atoms with E-state index >= 15 is 0 Å². The lowest BCUT2D eigenvalue weighted by Crippen LogP contribution is -2.47. The highest BCUT2D eigenvalue weighted by molar-refractivity contribution is 5.96. The second-order valence-corrected chi connectivity index (χ2v) is 11.0. The van der Waals surface area contributed by atoms with Crippen LogP contribution in [0.2, 0.25) is 0 Å². The molecule has 1 heterocycles. The highest BCUT2D eigenvalue weighted by Gasteiger charge is 2.32. The molecule has 0 saturated carbocycles. The number of fused-ring (bicyclic) bond motifs is 1. The molecule has 216 valence electrons. The average Bonchev–Trinajstić information content (AvgIpc) is 3.14. The summed E-state index contributed by atoms with van der Waals surface area (Å²) in [6, 6.07) is 10.1. The summed E-state index contributed by atoms with van der Waals surface area (Å²) in [5, 5.41) is 12.7. The second-order valence-electron chi connectivity index (χ2n) is 11.0. The number of ether oxygens (including phenoxy) is 3. The molecular formula is C28H31F3N2O7. The largest absolute Gasteiger partial charge is 0.573 e. The maximum atomic E-state index is 13.0. The lowest BCUT2D eigenvalue weighted by molar-refractivity contribution is -0.274. The van der Waals surface area contributed by atoms with E-state index in [1.54, 1.807) is 65.8 Å². The zero-order chi connectivity index (χ0) is 30.0. The summed E-state index contributed by atoms with van der Waals surface area (Å²) in [4.78, 5) is 37.5. The monoisotopic (exact) mass is 564 g/mol. The topological polar surface area (TPSA) is 116 Å². The van der Waals surface area contributed by atoms with Crippen molar-refractivity contribution in [2.45, 2.75) is 71.6 Å². The van der Waals surface area contributed by atoms with Crippen LogP contribution in [0.25, 0.3) is 16.6 Å². The van der Waals surface area contributed by atoms with E-state index in [-0.39, 0.29) is 17.6 Å². The normalized spacial score (nSPS) is 13.0. The van der Waals surface area contributed by atoms with E-state index in [0.29, 0.717) is 16.6 Å². The highest BCUT2D eigenvalue weighted by Crippen LogP contribution is 2.31. The van der Waals surface area contributed by atoms with Crippen molar-refractivity contribution in [3.63, 3.8) is 0 Å². The molecule has 9 nitrogen and oxygen atoms in total. The van der Waals surface area contributed by atoms with Crippen molar-refractivity contribution < 1.29 is 46.9 Å². The lowest BCUT2D eigenvalue weighted by Gasteiger charge is -2.26. The summed E-state index contributed by atoms with van der Waals surface area (Å²) >= 11 is 0. The smallest absolute Gasteiger partial charge is 0.477 e. The number of benzene rings is 2. The van der Waals surface area contributed by atoms with Crippen molar-refractivity contribution in [3.05, 3.63) is 59.8 Å². The number of carbonyl (C=O) groups is 3. The first-order chi connectivity index (χ1) is 18.3. The highest BCUT2D eigenvalue weighted by atomic mass is 19.4. The SMILES string of the molecule is CC(C)(C)OC(=O)NC(Cc1cccc(-n2c(C(=O)O)cc3ccc(OC(F)(F)F)cc32)c1)C(=O)OC(C)(C)C. The molecule has 0 aliphatic carbocycles. The molecule has 0 aliphatic heterocycles. The van der Waals surface area contributed by atoms with Gasteiger partial charge in [-0.15, -0.1) is 13.2 Å². The van der Waals surface area contributed by atoms with Crippen LogP contribution in [0, 0.1) is 0 Å². The maximum absolute atomic E-state index is 13.0. The van der Waals surface area contributed by atoms with Gasteiger partial charge in [-0.3, -0.25) is 0 Å². The zero-order valence-electron chi connectivity index (χ0n) is 22.9. The van der Waals surface area contributed by atoms with Gasteiger partial charge in [-0.2, -0.15) is 0 Å². The standard InChI is InChI=1S/C28H31F3N2O7/c1-26(2,3)39-24(36)20(32-25(37)40-27(4,5)6)13-16-8-7-9-18(12-16)33-21-15-19(38-28(29,30)31)11-10-17(21)14-22(33)23(34)35/h7-12,14-15,20H,13H2,1-6H3,(H,32,37)(H,34,35). The Bertz CT molecular complexity index is 1420. The number of aromatic nitrogens is 1. The third-order valence-electron chi connectivity index (χ3n) is 5.22. The van der Waals surface area contributed by atoms with Crippen LogP contribution in [0.5, 0.6) is 5.75 Å². The van der Waals surface area contributed by atoms with Crippen LogP contribution in [0.1, 0.15) is 57.6 Å². The van der Waals surface area contributed by atoms with Crippen molar-refractivity contribution in [1.82, 2.24) is 9.88 Å². The van der Waals surface area contributed by atoms with Crippen LogP contribution in [0.3, 0.4) is 0 Å². The Morgan fingerprint density at radius 2 is 1.57 bits per heavy atom.